The predicted octanol–water partition coefficient (Wildman–Crippen LogP) is 14.0. The molecule has 0 bridgehead atoms. The second-order valence-corrected chi connectivity index (χ2v) is 20.3. The molecule has 0 aliphatic carbocycles. The van der Waals surface area contributed by atoms with Gasteiger partial charge in [-0.2, -0.15) is 0 Å². The second-order valence-electron chi connectivity index (χ2n) is 17.6. The Hall–Kier alpha value is -8.07. The molecule has 5 aromatic heterocycles. The number of hydrogen-bond acceptors (Lipinski definition) is 4. The van der Waals surface area contributed by atoms with Crippen LogP contribution in [0.2, 0.25) is 0 Å². The molecule has 0 saturated heterocycles. The summed E-state index contributed by atoms with van der Waals surface area (Å²) in [5.41, 5.74) is 18.5. The minimum absolute atomic E-state index is 0.353. The third-order valence-electron chi connectivity index (χ3n) is 13.9. The topological polar surface area (TPSA) is 68.3 Å². The summed E-state index contributed by atoms with van der Waals surface area (Å²) < 4.78 is 29.2. The first kappa shape index (κ1) is 35.3. The fraction of sp³-hybridized carbons (Fsp3) is 0. The van der Waals surface area contributed by atoms with Crippen LogP contribution in [0.15, 0.2) is 200 Å². The van der Waals surface area contributed by atoms with Gasteiger partial charge < -0.3 is 18.2 Å². The zero-order chi connectivity index (χ0) is 42.8. The number of aromatic amines is 1. The van der Waals surface area contributed by atoms with Crippen molar-refractivity contribution in [3.05, 3.63) is 189 Å². The van der Waals surface area contributed by atoms with Gasteiger partial charge >= 0.3 is 241 Å². The van der Waals surface area contributed by atoms with Crippen LogP contribution in [0.25, 0.3) is 154 Å². The number of fused-ring (bicyclic) bond motifs is 21. The molecule has 10 aromatic carbocycles. The molecule has 1 aliphatic heterocycles. The molecule has 0 spiro atoms. The third-order valence-corrected chi connectivity index (χ3v) is 17.1. The molecule has 0 unspecified atom stereocenters. The summed E-state index contributed by atoms with van der Waals surface area (Å²) >= 11 is -0.353. The van der Waals surface area contributed by atoms with Gasteiger partial charge in [-0.15, -0.1) is 0 Å². The van der Waals surface area contributed by atoms with Crippen LogP contribution in [0, 0.1) is 7.14 Å². The van der Waals surface area contributed by atoms with E-state index in [4.69, 9.17) is 17.7 Å². The second kappa shape index (κ2) is 12.8. The van der Waals surface area contributed by atoms with Crippen molar-refractivity contribution < 1.29 is 38.9 Å². The summed E-state index contributed by atoms with van der Waals surface area (Å²) in [6, 6.07) is 65.4. The average Bonchev–Trinajstić information content (AvgIpc) is 4.22. The van der Waals surface area contributed by atoms with Gasteiger partial charge in [0.15, 0.2) is 0 Å². The molecule has 6 heterocycles. The summed E-state index contributed by atoms with van der Waals surface area (Å²) in [6.45, 7) is 0. The van der Waals surface area contributed by atoms with Gasteiger partial charge in [0.25, 0.3) is 0 Å². The zero-order valence-corrected chi connectivity index (χ0v) is 37.0. The molecule has 0 radical (unpaired) electrons. The quantitative estimate of drug-likeness (QED) is 0.179. The summed E-state index contributed by atoms with van der Waals surface area (Å²) in [6.07, 6.45) is 0. The van der Waals surface area contributed by atoms with E-state index in [9.17, 15) is 0 Å². The molecule has 308 valence electrons. The number of para-hydroxylation sites is 2. The van der Waals surface area contributed by atoms with Gasteiger partial charge in [-0.25, -0.2) is 0 Å². The number of furan rings is 4. The fourth-order valence-electron chi connectivity index (χ4n) is 10.9. The molecule has 0 amide bonds. The van der Waals surface area contributed by atoms with E-state index in [1.54, 1.807) is 0 Å². The van der Waals surface area contributed by atoms with Crippen LogP contribution in [-0.4, -0.2) is 4.98 Å². The van der Waals surface area contributed by atoms with Crippen molar-refractivity contribution in [1.29, 1.82) is 0 Å². The van der Waals surface area contributed by atoms with Crippen LogP contribution in [0.4, 0.5) is 0 Å². The normalized spacial score (nSPS) is 12.9. The number of rotatable bonds is 3. The number of nitrogens with one attached hydrogen (secondary N) is 1. The van der Waals surface area contributed by atoms with Gasteiger partial charge in [0.2, 0.25) is 0 Å². The Balaban J connectivity index is 0.929. The molecule has 16 rings (SSSR count). The molecule has 0 atom stereocenters. The van der Waals surface area contributed by atoms with Gasteiger partial charge in [-0.3, -0.25) is 0 Å². The molecule has 15 aromatic rings. The fourth-order valence-corrected chi connectivity index (χ4v) is 14.2. The van der Waals surface area contributed by atoms with E-state index in [0.717, 1.165) is 138 Å². The van der Waals surface area contributed by atoms with Crippen molar-refractivity contribution in [2.75, 3.05) is 0 Å². The minimum atomic E-state index is -0.353. The SMILES string of the molecule is c1ccc2c(c1)[I-]c1c-2ccc2oc3ccc(-c4cc(-c5ccc6[nH]c7ccc8c9ccccc9oc8c7c6c5)cc(-c5ccc6oc7ccc8c9ccccc9oc8c7c6c5)c4)cc3c12. The van der Waals surface area contributed by atoms with E-state index in [2.05, 4.69) is 169 Å². The Bertz CT molecular complexity index is 4420. The number of aromatic nitrogens is 1. The molecule has 5 nitrogen and oxygen atoms in total. The van der Waals surface area contributed by atoms with Gasteiger partial charge in [-0.1, -0.05) is 36.4 Å². The Labute approximate surface area is 384 Å². The Morgan fingerprint density at radius 2 is 0.818 bits per heavy atom. The first-order valence-corrected chi connectivity index (χ1v) is 24.3. The van der Waals surface area contributed by atoms with Crippen LogP contribution in [-0.2, 0) is 0 Å². The molecule has 0 saturated carbocycles. The first-order valence-electron chi connectivity index (χ1n) is 22.2. The molecule has 1 aliphatic rings. The van der Waals surface area contributed by atoms with Crippen molar-refractivity contribution in [2.24, 2.45) is 0 Å². The van der Waals surface area contributed by atoms with Gasteiger partial charge in [0.1, 0.15) is 27.9 Å². The molecule has 1 N–H and O–H groups in total. The summed E-state index contributed by atoms with van der Waals surface area (Å²) in [4.78, 5) is 3.69. The van der Waals surface area contributed by atoms with E-state index in [-0.39, 0.29) is 21.2 Å². The van der Waals surface area contributed by atoms with E-state index < -0.39 is 0 Å². The first-order chi connectivity index (χ1) is 32.6. The van der Waals surface area contributed by atoms with Crippen molar-refractivity contribution in [2.45, 2.75) is 0 Å². The maximum atomic E-state index is 6.60. The molecular weight excluding hydrogens is 926 g/mol. The van der Waals surface area contributed by atoms with Crippen LogP contribution >= 0.6 is 0 Å². The predicted molar refractivity (Wildman–Crippen MR) is 264 cm³/mol. The van der Waals surface area contributed by atoms with E-state index in [1.807, 2.05) is 18.2 Å². The van der Waals surface area contributed by atoms with Crippen LogP contribution in [0.3, 0.4) is 0 Å². The Morgan fingerprint density at radius 1 is 0.303 bits per heavy atom. The summed E-state index contributed by atoms with van der Waals surface area (Å²) in [5, 5.41) is 11.1. The average molecular weight is 957 g/mol. The Morgan fingerprint density at radius 3 is 1.53 bits per heavy atom. The monoisotopic (exact) mass is 956 g/mol. The van der Waals surface area contributed by atoms with E-state index in [1.165, 1.54) is 23.7 Å². The van der Waals surface area contributed by atoms with Crippen LogP contribution in [0.5, 0.6) is 0 Å². The van der Waals surface area contributed by atoms with Gasteiger partial charge in [0.05, 0.1) is 5.52 Å². The van der Waals surface area contributed by atoms with Crippen LogP contribution < -0.4 is 21.2 Å². The van der Waals surface area contributed by atoms with Crippen molar-refractivity contribution in [1.82, 2.24) is 4.98 Å². The number of benzene rings is 10. The van der Waals surface area contributed by atoms with Crippen molar-refractivity contribution in [3.8, 4) is 44.5 Å². The summed E-state index contributed by atoms with van der Waals surface area (Å²) in [5.74, 6) is 0. The van der Waals surface area contributed by atoms with Crippen LogP contribution in [0.1, 0.15) is 0 Å². The third kappa shape index (κ3) is 4.83. The Kier molecular flexibility index (Phi) is 6.85. The molecular formula is C60H31INO4-. The number of halogens is 1. The number of hydrogen-bond donors (Lipinski definition) is 1. The molecule has 66 heavy (non-hydrogen) atoms. The number of H-pyrrole nitrogens is 1. The standard InChI is InChI=1S/C60H31INO4/c1-4-10-46-37(7-1)40-17-23-53-56(58(40)61-46)44-29-32(14-21-51(44)63-53)35-25-34(31-13-19-47-43(28-31)55-48(62-47)20-16-41-38-8-2-5-11-49(38)65-59(41)55)26-36(27-35)33-15-22-52-45(30-33)57-54(64-52)24-18-42-39-9-3-6-12-50(39)66-60(42)57/h1-30,62H/q-1. The van der Waals surface area contributed by atoms with Crippen molar-refractivity contribution in [3.63, 3.8) is 0 Å². The van der Waals surface area contributed by atoms with Crippen molar-refractivity contribution >= 4 is 110 Å². The zero-order valence-electron chi connectivity index (χ0n) is 34.8. The van der Waals surface area contributed by atoms with E-state index >= 15 is 0 Å². The maximum absolute atomic E-state index is 6.60. The van der Waals surface area contributed by atoms with Gasteiger partial charge in [0, 0.05) is 21.5 Å². The van der Waals surface area contributed by atoms with E-state index in [0.29, 0.717) is 0 Å². The summed E-state index contributed by atoms with van der Waals surface area (Å²) in [7, 11) is 0. The van der Waals surface area contributed by atoms with Gasteiger partial charge in [-0.05, 0) is 36.4 Å². The molecule has 6 heteroatoms. The molecule has 0 fully saturated rings.